The zero-order valence-electron chi connectivity index (χ0n) is 14.6. The van der Waals surface area contributed by atoms with Crippen LogP contribution in [0.15, 0.2) is 42.5 Å². The first-order chi connectivity index (χ1) is 12.9. The second-order valence-electron chi connectivity index (χ2n) is 6.54. The number of hydrogen-bond acceptors (Lipinski definition) is 2. The van der Waals surface area contributed by atoms with Crippen molar-refractivity contribution in [3.05, 3.63) is 64.7 Å². The molecule has 27 heavy (non-hydrogen) atoms. The normalized spacial score (nSPS) is 14.9. The average Bonchev–Trinajstić information content (AvgIpc) is 2.66. The van der Waals surface area contributed by atoms with E-state index < -0.39 is 23.2 Å². The van der Waals surface area contributed by atoms with Crippen molar-refractivity contribution >= 4 is 29.1 Å². The van der Waals surface area contributed by atoms with Crippen molar-refractivity contribution in [2.75, 3.05) is 18.4 Å². The number of benzene rings is 2. The van der Waals surface area contributed by atoms with E-state index in [-0.39, 0.29) is 18.2 Å². The molecule has 0 unspecified atom stereocenters. The molecule has 0 spiro atoms. The van der Waals surface area contributed by atoms with Crippen molar-refractivity contribution in [2.45, 2.75) is 19.3 Å². The highest BCUT2D eigenvalue weighted by atomic mass is 35.5. The Morgan fingerprint density at radius 1 is 1.04 bits per heavy atom. The summed E-state index contributed by atoms with van der Waals surface area (Å²) in [6, 6.07) is 10.5. The van der Waals surface area contributed by atoms with Crippen LogP contribution in [0.5, 0.6) is 0 Å². The van der Waals surface area contributed by atoms with Gasteiger partial charge in [0.05, 0.1) is 6.42 Å². The fourth-order valence-electron chi connectivity index (χ4n) is 3.12. The van der Waals surface area contributed by atoms with Crippen LogP contribution in [0.3, 0.4) is 0 Å². The minimum atomic E-state index is -0.807. The van der Waals surface area contributed by atoms with Gasteiger partial charge >= 0.3 is 0 Å². The van der Waals surface area contributed by atoms with E-state index in [0.29, 0.717) is 31.0 Å². The number of nitrogens with zero attached hydrogens (tertiary/aromatic N) is 1. The highest BCUT2D eigenvalue weighted by Crippen LogP contribution is 2.23. The van der Waals surface area contributed by atoms with Gasteiger partial charge in [0.2, 0.25) is 11.8 Å². The molecule has 2 amide bonds. The van der Waals surface area contributed by atoms with Crippen molar-refractivity contribution in [1.82, 2.24) is 4.90 Å². The van der Waals surface area contributed by atoms with Crippen molar-refractivity contribution in [3.63, 3.8) is 0 Å². The molecule has 1 N–H and O–H groups in total. The number of nitrogens with one attached hydrogen (secondary N) is 1. The van der Waals surface area contributed by atoms with Gasteiger partial charge in [0.25, 0.3) is 0 Å². The largest absolute Gasteiger partial charge is 0.342 e. The standard InChI is InChI=1S/C20H19ClF2N2O2/c21-15-6-4-13(5-7-15)12-18(26)25-10-8-14(9-11-25)20(27)24-19-16(22)2-1-3-17(19)23/h1-7,14H,8-12H2,(H,24,27). The molecule has 4 nitrogen and oxygen atoms in total. The molecule has 2 aromatic carbocycles. The van der Waals surface area contributed by atoms with Gasteiger partial charge in [0.1, 0.15) is 17.3 Å². The fourth-order valence-corrected chi connectivity index (χ4v) is 3.25. The Hall–Kier alpha value is -2.47. The number of carbonyl (C=O) groups is 2. The summed E-state index contributed by atoms with van der Waals surface area (Å²) in [4.78, 5) is 26.4. The maximum atomic E-state index is 13.7. The average molecular weight is 393 g/mol. The van der Waals surface area contributed by atoms with Gasteiger partial charge in [-0.1, -0.05) is 29.8 Å². The van der Waals surface area contributed by atoms with E-state index in [0.717, 1.165) is 17.7 Å². The monoisotopic (exact) mass is 392 g/mol. The van der Waals surface area contributed by atoms with Crippen LogP contribution >= 0.6 is 11.6 Å². The summed E-state index contributed by atoms with van der Waals surface area (Å²) >= 11 is 5.84. The van der Waals surface area contributed by atoms with Crippen molar-refractivity contribution in [1.29, 1.82) is 0 Å². The number of amides is 2. The number of carbonyl (C=O) groups excluding carboxylic acids is 2. The number of piperidine rings is 1. The van der Waals surface area contributed by atoms with Crippen LogP contribution in [0, 0.1) is 17.6 Å². The van der Waals surface area contributed by atoms with E-state index in [1.807, 2.05) is 12.1 Å². The highest BCUT2D eigenvalue weighted by molar-refractivity contribution is 6.30. The Balaban J connectivity index is 1.53. The summed E-state index contributed by atoms with van der Waals surface area (Å²) in [5.41, 5.74) is 0.447. The van der Waals surface area contributed by atoms with Crippen LogP contribution in [0.1, 0.15) is 18.4 Å². The third-order valence-electron chi connectivity index (χ3n) is 4.70. The Morgan fingerprint density at radius 2 is 1.63 bits per heavy atom. The van der Waals surface area contributed by atoms with Crippen LogP contribution < -0.4 is 5.32 Å². The zero-order chi connectivity index (χ0) is 19.4. The van der Waals surface area contributed by atoms with E-state index in [2.05, 4.69) is 5.32 Å². The third-order valence-corrected chi connectivity index (χ3v) is 4.95. The van der Waals surface area contributed by atoms with E-state index in [1.165, 1.54) is 6.07 Å². The van der Waals surface area contributed by atoms with E-state index >= 15 is 0 Å². The summed E-state index contributed by atoms with van der Waals surface area (Å²) in [5, 5.41) is 2.95. The molecule has 0 bridgehead atoms. The predicted octanol–water partition coefficient (Wildman–Crippen LogP) is 4.04. The zero-order valence-corrected chi connectivity index (χ0v) is 15.3. The van der Waals surface area contributed by atoms with Gasteiger partial charge < -0.3 is 10.2 Å². The maximum Gasteiger partial charge on any atom is 0.227 e. The smallest absolute Gasteiger partial charge is 0.227 e. The minimum absolute atomic E-state index is 0.0173. The first kappa shape index (κ1) is 19.3. The van der Waals surface area contributed by atoms with Crippen LogP contribution in [0.4, 0.5) is 14.5 Å². The molecule has 1 saturated heterocycles. The summed E-state index contributed by atoms with van der Waals surface area (Å²) in [6.07, 6.45) is 1.18. The molecular formula is C20H19ClF2N2O2. The van der Waals surface area contributed by atoms with Crippen molar-refractivity contribution in [3.8, 4) is 0 Å². The van der Waals surface area contributed by atoms with Crippen LogP contribution in [-0.4, -0.2) is 29.8 Å². The molecule has 1 fully saturated rings. The van der Waals surface area contributed by atoms with Gasteiger partial charge in [0.15, 0.2) is 0 Å². The summed E-state index contributed by atoms with van der Waals surface area (Å²) in [6.45, 7) is 0.870. The number of halogens is 3. The first-order valence-corrected chi connectivity index (χ1v) is 9.09. The lowest BCUT2D eigenvalue weighted by Crippen LogP contribution is -2.42. The van der Waals surface area contributed by atoms with E-state index in [9.17, 15) is 18.4 Å². The number of anilines is 1. The molecule has 0 radical (unpaired) electrons. The molecular weight excluding hydrogens is 374 g/mol. The first-order valence-electron chi connectivity index (χ1n) is 8.71. The molecule has 0 aliphatic carbocycles. The van der Waals surface area contributed by atoms with Gasteiger partial charge in [-0.3, -0.25) is 9.59 Å². The van der Waals surface area contributed by atoms with Gasteiger partial charge in [0, 0.05) is 24.0 Å². The van der Waals surface area contributed by atoms with Crippen molar-refractivity contribution in [2.24, 2.45) is 5.92 Å². The lowest BCUT2D eigenvalue weighted by Gasteiger charge is -2.31. The van der Waals surface area contributed by atoms with E-state index in [4.69, 9.17) is 11.6 Å². The molecule has 2 aromatic rings. The van der Waals surface area contributed by atoms with Crippen molar-refractivity contribution < 1.29 is 18.4 Å². The summed E-state index contributed by atoms with van der Waals surface area (Å²) < 4.78 is 27.3. The molecule has 3 rings (SSSR count). The highest BCUT2D eigenvalue weighted by Gasteiger charge is 2.28. The second kappa shape index (κ2) is 8.48. The molecule has 0 atom stereocenters. The molecule has 1 aliphatic rings. The quantitative estimate of drug-likeness (QED) is 0.853. The van der Waals surface area contributed by atoms with E-state index in [1.54, 1.807) is 17.0 Å². The fraction of sp³-hybridized carbons (Fsp3) is 0.300. The number of likely N-dealkylation sites (tertiary alicyclic amines) is 1. The Morgan fingerprint density at radius 3 is 2.22 bits per heavy atom. The topological polar surface area (TPSA) is 49.4 Å². The summed E-state index contributed by atoms with van der Waals surface area (Å²) in [5.74, 6) is -2.44. The lowest BCUT2D eigenvalue weighted by atomic mass is 9.95. The Labute approximate surface area is 161 Å². The Bertz CT molecular complexity index is 814. The number of hydrogen-bond donors (Lipinski definition) is 1. The van der Waals surface area contributed by atoms with Crippen LogP contribution in [-0.2, 0) is 16.0 Å². The lowest BCUT2D eigenvalue weighted by molar-refractivity contribution is -0.133. The molecule has 1 aliphatic heterocycles. The molecule has 0 aromatic heterocycles. The molecule has 7 heteroatoms. The van der Waals surface area contributed by atoms with Gasteiger partial charge in [-0.15, -0.1) is 0 Å². The maximum absolute atomic E-state index is 13.7. The second-order valence-corrected chi connectivity index (χ2v) is 6.98. The molecule has 1 heterocycles. The van der Waals surface area contributed by atoms with Gasteiger partial charge in [-0.05, 0) is 42.7 Å². The SMILES string of the molecule is O=C(Nc1c(F)cccc1F)C1CCN(C(=O)Cc2ccc(Cl)cc2)CC1. The van der Waals surface area contributed by atoms with Crippen LogP contribution in [0.25, 0.3) is 0 Å². The number of rotatable bonds is 4. The molecule has 142 valence electrons. The van der Waals surface area contributed by atoms with Crippen LogP contribution in [0.2, 0.25) is 5.02 Å². The molecule has 0 saturated carbocycles. The van der Waals surface area contributed by atoms with Gasteiger partial charge in [-0.2, -0.15) is 0 Å². The number of para-hydroxylation sites is 1. The predicted molar refractivity (Wildman–Crippen MR) is 99.4 cm³/mol. The Kier molecular flexibility index (Phi) is 6.06. The van der Waals surface area contributed by atoms with Gasteiger partial charge in [-0.25, -0.2) is 8.78 Å². The summed E-state index contributed by atoms with van der Waals surface area (Å²) in [7, 11) is 0. The minimum Gasteiger partial charge on any atom is -0.342 e. The third kappa shape index (κ3) is 4.83.